The third-order valence-electron chi connectivity index (χ3n) is 6.88. The average Bonchev–Trinajstić information content (AvgIpc) is 2.82. The van der Waals surface area contributed by atoms with Gasteiger partial charge in [0, 0.05) is 72.6 Å². The highest BCUT2D eigenvalue weighted by molar-refractivity contribution is 5.58. The minimum absolute atomic E-state index is 0.409. The highest BCUT2D eigenvalue weighted by Crippen LogP contribution is 2.52. The lowest BCUT2D eigenvalue weighted by atomic mass is 9.63. The van der Waals surface area contributed by atoms with Gasteiger partial charge >= 0.3 is 0 Å². The number of anilines is 2. The molecule has 32 heavy (non-hydrogen) atoms. The summed E-state index contributed by atoms with van der Waals surface area (Å²) in [5, 5.41) is 22.3. The van der Waals surface area contributed by atoms with Gasteiger partial charge in [0.25, 0.3) is 0 Å². The van der Waals surface area contributed by atoms with Gasteiger partial charge in [0.05, 0.1) is 26.4 Å². The number of methoxy groups -OCH3 is 2. The molecule has 0 saturated heterocycles. The standard InChI is InChI=1S/C26H38N2O4/c1-7-27(8-2)17-11-13-19(21(15-17)31-5)23-25(29)24(26(23)30)20-14-12-18(16-22(20)32-6)28(9-3)10-4/h11-16,23-26,29-30H,7-10H2,1-6H3. The molecule has 1 saturated carbocycles. The largest absolute Gasteiger partial charge is 0.496 e. The van der Waals surface area contributed by atoms with Gasteiger partial charge in [-0.3, -0.25) is 0 Å². The molecule has 0 amide bonds. The van der Waals surface area contributed by atoms with Gasteiger partial charge < -0.3 is 29.5 Å². The van der Waals surface area contributed by atoms with E-state index in [9.17, 15) is 10.2 Å². The number of hydrogen-bond acceptors (Lipinski definition) is 6. The lowest BCUT2D eigenvalue weighted by Gasteiger charge is -2.47. The Morgan fingerprint density at radius 2 is 1.00 bits per heavy atom. The number of benzene rings is 2. The van der Waals surface area contributed by atoms with E-state index in [0.717, 1.165) is 48.7 Å². The minimum atomic E-state index is -0.730. The van der Waals surface area contributed by atoms with E-state index in [1.165, 1.54) is 0 Å². The van der Waals surface area contributed by atoms with Crippen molar-refractivity contribution in [3.05, 3.63) is 47.5 Å². The fourth-order valence-electron chi connectivity index (χ4n) is 4.96. The molecule has 176 valence electrons. The monoisotopic (exact) mass is 442 g/mol. The summed E-state index contributed by atoms with van der Waals surface area (Å²) in [7, 11) is 3.27. The first-order valence-electron chi connectivity index (χ1n) is 11.7. The Balaban J connectivity index is 1.89. The van der Waals surface area contributed by atoms with Gasteiger partial charge in [0.15, 0.2) is 0 Å². The summed E-state index contributed by atoms with van der Waals surface area (Å²) in [6.45, 7) is 12.1. The normalized spacial score (nSPS) is 22.2. The molecule has 0 bridgehead atoms. The van der Waals surface area contributed by atoms with Crippen LogP contribution in [0.25, 0.3) is 0 Å². The minimum Gasteiger partial charge on any atom is -0.496 e. The maximum Gasteiger partial charge on any atom is 0.124 e. The summed E-state index contributed by atoms with van der Waals surface area (Å²) in [6, 6.07) is 12.0. The molecule has 1 aliphatic carbocycles. The van der Waals surface area contributed by atoms with Crippen molar-refractivity contribution in [3.63, 3.8) is 0 Å². The van der Waals surface area contributed by atoms with Crippen LogP contribution in [0.4, 0.5) is 11.4 Å². The number of hydrogen-bond donors (Lipinski definition) is 2. The molecule has 6 nitrogen and oxygen atoms in total. The van der Waals surface area contributed by atoms with Crippen molar-refractivity contribution in [2.75, 3.05) is 50.2 Å². The van der Waals surface area contributed by atoms with Crippen LogP contribution in [0.1, 0.15) is 50.7 Å². The van der Waals surface area contributed by atoms with Crippen LogP contribution in [0.3, 0.4) is 0 Å². The zero-order valence-corrected chi connectivity index (χ0v) is 20.2. The third kappa shape index (κ3) is 4.26. The summed E-state index contributed by atoms with van der Waals surface area (Å²) in [6.07, 6.45) is -1.46. The highest BCUT2D eigenvalue weighted by atomic mass is 16.5. The first-order valence-corrected chi connectivity index (χ1v) is 11.7. The number of aliphatic hydroxyl groups excluding tert-OH is 2. The van der Waals surface area contributed by atoms with Gasteiger partial charge in [-0.2, -0.15) is 0 Å². The van der Waals surface area contributed by atoms with Crippen molar-refractivity contribution in [3.8, 4) is 11.5 Å². The number of aliphatic hydroxyl groups is 2. The molecule has 0 radical (unpaired) electrons. The van der Waals surface area contributed by atoms with E-state index >= 15 is 0 Å². The Kier molecular flexibility index (Phi) is 7.91. The van der Waals surface area contributed by atoms with Crippen LogP contribution in [0, 0.1) is 0 Å². The molecule has 2 aromatic rings. The quantitative estimate of drug-likeness (QED) is 0.580. The van der Waals surface area contributed by atoms with Gasteiger partial charge in [-0.05, 0) is 39.8 Å². The molecule has 3 rings (SSSR count). The predicted octanol–water partition coefficient (Wildman–Crippen LogP) is 4.00. The summed E-state index contributed by atoms with van der Waals surface area (Å²) < 4.78 is 11.3. The van der Waals surface area contributed by atoms with Gasteiger partial charge in [0.2, 0.25) is 0 Å². The van der Waals surface area contributed by atoms with E-state index < -0.39 is 24.0 Å². The predicted molar refractivity (Wildman–Crippen MR) is 131 cm³/mol. The molecule has 2 N–H and O–H groups in total. The molecular weight excluding hydrogens is 404 g/mol. The summed E-state index contributed by atoms with van der Waals surface area (Å²) in [4.78, 5) is 4.48. The van der Waals surface area contributed by atoms with Crippen molar-refractivity contribution in [2.45, 2.75) is 51.7 Å². The summed E-state index contributed by atoms with van der Waals surface area (Å²) >= 11 is 0. The first kappa shape index (κ1) is 24.2. The fourth-order valence-corrected chi connectivity index (χ4v) is 4.96. The molecule has 0 atom stereocenters. The molecule has 6 heteroatoms. The molecule has 2 aromatic carbocycles. The molecule has 1 aliphatic rings. The number of ether oxygens (including phenoxy) is 2. The van der Waals surface area contributed by atoms with Gasteiger partial charge in [0.1, 0.15) is 11.5 Å². The second kappa shape index (κ2) is 10.5. The van der Waals surface area contributed by atoms with E-state index in [4.69, 9.17) is 9.47 Å². The smallest absolute Gasteiger partial charge is 0.124 e. The topological polar surface area (TPSA) is 65.4 Å². The van der Waals surface area contributed by atoms with Gasteiger partial charge in [-0.15, -0.1) is 0 Å². The van der Waals surface area contributed by atoms with Crippen molar-refractivity contribution >= 4 is 11.4 Å². The Hall–Kier alpha value is -2.44. The van der Waals surface area contributed by atoms with Crippen LogP contribution in [0.2, 0.25) is 0 Å². The van der Waals surface area contributed by atoms with Crippen molar-refractivity contribution in [2.24, 2.45) is 0 Å². The maximum atomic E-state index is 11.1. The second-order valence-corrected chi connectivity index (χ2v) is 8.23. The first-order chi connectivity index (χ1) is 15.4. The van der Waals surface area contributed by atoms with Crippen LogP contribution in [0.5, 0.6) is 11.5 Å². The maximum absolute atomic E-state index is 11.1. The number of rotatable bonds is 10. The Labute approximate surface area is 192 Å². The zero-order chi connectivity index (χ0) is 23.4. The van der Waals surface area contributed by atoms with Crippen LogP contribution < -0.4 is 19.3 Å². The molecule has 0 aliphatic heterocycles. The van der Waals surface area contributed by atoms with Crippen LogP contribution >= 0.6 is 0 Å². The molecule has 0 heterocycles. The van der Waals surface area contributed by atoms with Crippen LogP contribution in [0.15, 0.2) is 36.4 Å². The van der Waals surface area contributed by atoms with E-state index in [0.29, 0.717) is 11.5 Å². The van der Waals surface area contributed by atoms with Gasteiger partial charge in [-0.1, -0.05) is 12.1 Å². The molecule has 0 spiro atoms. The third-order valence-corrected chi connectivity index (χ3v) is 6.88. The molecular formula is C26H38N2O4. The van der Waals surface area contributed by atoms with E-state index in [1.807, 2.05) is 36.4 Å². The number of nitrogens with zero attached hydrogens (tertiary/aromatic N) is 2. The summed E-state index contributed by atoms with van der Waals surface area (Å²) in [5.74, 6) is 0.570. The van der Waals surface area contributed by atoms with Crippen molar-refractivity contribution < 1.29 is 19.7 Å². The Bertz CT molecular complexity index is 814. The van der Waals surface area contributed by atoms with E-state index in [-0.39, 0.29) is 0 Å². The second-order valence-electron chi connectivity index (χ2n) is 8.23. The van der Waals surface area contributed by atoms with E-state index in [2.05, 4.69) is 37.5 Å². The molecule has 0 aromatic heterocycles. The fraction of sp³-hybridized carbons (Fsp3) is 0.538. The van der Waals surface area contributed by atoms with Crippen molar-refractivity contribution in [1.82, 2.24) is 0 Å². The Morgan fingerprint density at radius 1 is 0.656 bits per heavy atom. The average molecular weight is 443 g/mol. The molecule has 1 fully saturated rings. The van der Waals surface area contributed by atoms with E-state index in [1.54, 1.807) is 14.2 Å². The highest BCUT2D eigenvalue weighted by Gasteiger charge is 2.52. The van der Waals surface area contributed by atoms with Crippen LogP contribution in [-0.4, -0.2) is 62.8 Å². The lowest BCUT2D eigenvalue weighted by Crippen LogP contribution is -2.51. The van der Waals surface area contributed by atoms with Crippen molar-refractivity contribution in [1.29, 1.82) is 0 Å². The lowest BCUT2D eigenvalue weighted by molar-refractivity contribution is -0.0797. The zero-order valence-electron chi connectivity index (χ0n) is 20.2. The molecule has 0 unspecified atom stereocenters. The Morgan fingerprint density at radius 3 is 1.28 bits per heavy atom. The SMILES string of the molecule is CCN(CC)c1ccc(C2C(O)C(c3ccc(N(CC)CC)cc3OC)C2O)c(OC)c1. The van der Waals surface area contributed by atoms with Crippen LogP contribution in [-0.2, 0) is 0 Å². The summed E-state index contributed by atoms with van der Waals surface area (Å²) in [5.41, 5.74) is 3.81. The van der Waals surface area contributed by atoms with Gasteiger partial charge in [-0.25, -0.2) is 0 Å².